The molecule has 89 valence electrons. The van der Waals surface area contributed by atoms with Crippen LogP contribution >= 0.6 is 0 Å². The van der Waals surface area contributed by atoms with Crippen molar-refractivity contribution in [2.75, 3.05) is 38.5 Å². The molecule has 0 aromatic heterocycles. The van der Waals surface area contributed by atoms with Gasteiger partial charge in [0.15, 0.2) is 0 Å². The zero-order valence-corrected chi connectivity index (χ0v) is 9.61. The molecule has 1 fully saturated rings. The monoisotopic (exact) mass is 237 g/mol. The minimum atomic E-state index is -3.89. The minimum Gasteiger partial charge on any atom is -0.299 e. The van der Waals surface area contributed by atoms with E-state index in [0.717, 1.165) is 26.2 Å². The summed E-state index contributed by atoms with van der Waals surface area (Å²) >= 11 is 0. The Bertz CT molecular complexity index is 272. The molecule has 6 nitrogen and oxygen atoms in total. The maximum Gasteiger partial charge on any atom is 0.266 e. The highest BCUT2D eigenvalue weighted by Gasteiger charge is 2.18. The van der Waals surface area contributed by atoms with Crippen LogP contribution in [0.4, 0.5) is 0 Å². The molecule has 0 bridgehead atoms. The topological polar surface area (TPSA) is 70.1 Å². The lowest BCUT2D eigenvalue weighted by Crippen LogP contribution is -2.45. The zero-order chi connectivity index (χ0) is 11.3. The minimum absolute atomic E-state index is 0.318. The van der Waals surface area contributed by atoms with Crippen molar-refractivity contribution < 1.29 is 17.8 Å². The van der Waals surface area contributed by atoms with Gasteiger partial charge in [-0.25, -0.2) is 0 Å². The maximum absolute atomic E-state index is 10.5. The van der Waals surface area contributed by atoms with E-state index in [1.165, 1.54) is 6.54 Å². The molecular weight excluding hydrogens is 220 g/mol. The third-order valence-corrected chi connectivity index (χ3v) is 2.70. The van der Waals surface area contributed by atoms with E-state index in [2.05, 4.69) is 0 Å². The average Bonchev–Trinajstić information content (AvgIpc) is 2.16. The Morgan fingerprint density at radius 3 is 2.40 bits per heavy atom. The van der Waals surface area contributed by atoms with Crippen molar-refractivity contribution in [2.24, 2.45) is 0 Å². The highest BCUT2D eigenvalue weighted by Crippen LogP contribution is 2.04. The molecule has 0 unspecified atom stereocenters. The van der Waals surface area contributed by atoms with Crippen LogP contribution in [0.25, 0.3) is 0 Å². The highest BCUT2D eigenvalue weighted by molar-refractivity contribution is 7.85. The second-order valence-electron chi connectivity index (χ2n) is 3.31. The predicted molar refractivity (Wildman–Crippen MR) is 55.5 cm³/mol. The maximum atomic E-state index is 10.5. The average molecular weight is 237 g/mol. The first-order chi connectivity index (χ1) is 7.01. The molecule has 0 aromatic rings. The fourth-order valence-corrected chi connectivity index (χ4v) is 1.80. The lowest BCUT2D eigenvalue weighted by atomic mass is 10.3. The lowest BCUT2D eigenvalue weighted by Gasteiger charge is -2.32. The van der Waals surface area contributed by atoms with Gasteiger partial charge >= 0.3 is 0 Å². The quantitative estimate of drug-likeness (QED) is 0.656. The molecule has 1 aliphatic rings. The molecule has 0 spiro atoms. The highest BCUT2D eigenvalue weighted by atomic mass is 32.2. The van der Waals surface area contributed by atoms with Crippen LogP contribution in [0, 0.1) is 6.54 Å². The molecule has 0 saturated carbocycles. The third-order valence-electron chi connectivity index (χ3n) is 2.13. The summed E-state index contributed by atoms with van der Waals surface area (Å²) < 4.78 is 29.6. The second-order valence-corrected chi connectivity index (χ2v) is 4.81. The van der Waals surface area contributed by atoms with E-state index in [9.17, 15) is 8.42 Å². The van der Waals surface area contributed by atoms with Crippen molar-refractivity contribution in [1.29, 1.82) is 0 Å². The summed E-state index contributed by atoms with van der Waals surface area (Å²) in [4.78, 5) is 7.18. The summed E-state index contributed by atoms with van der Waals surface area (Å²) in [6.45, 7) is 7.01. The standard InChI is InChI=1S/C8H17N2O4S/c1-2-14-10-5-3-9(4-6-10)7-8-15(11,12)13/h7H,2-6,8H2,1H3,(H,11,12,13). The predicted octanol–water partition coefficient (Wildman–Crippen LogP) is -0.395. The molecule has 1 saturated heterocycles. The van der Waals surface area contributed by atoms with Gasteiger partial charge in [-0.2, -0.15) is 13.5 Å². The third kappa shape index (κ3) is 5.43. The van der Waals surface area contributed by atoms with Gasteiger partial charge in [-0.05, 0) is 6.92 Å². The molecular formula is C8H17N2O4S. The van der Waals surface area contributed by atoms with Crippen LogP contribution in [-0.2, 0) is 15.0 Å². The van der Waals surface area contributed by atoms with Crippen LogP contribution in [0.5, 0.6) is 0 Å². The van der Waals surface area contributed by atoms with E-state index < -0.39 is 10.1 Å². The molecule has 0 amide bonds. The van der Waals surface area contributed by atoms with E-state index in [4.69, 9.17) is 9.39 Å². The molecule has 1 aliphatic heterocycles. The summed E-state index contributed by atoms with van der Waals surface area (Å²) in [5.41, 5.74) is 0. The van der Waals surface area contributed by atoms with Gasteiger partial charge in [-0.15, -0.1) is 0 Å². The summed E-state index contributed by atoms with van der Waals surface area (Å²) in [7, 11) is -3.89. The molecule has 1 N–H and O–H groups in total. The number of rotatable bonds is 5. The van der Waals surface area contributed by atoms with Gasteiger partial charge in [0.2, 0.25) is 0 Å². The number of nitrogens with zero attached hydrogens (tertiary/aromatic N) is 2. The SMILES string of the molecule is CCON1CCN([CH]CS(=O)(=O)O)CC1. The zero-order valence-electron chi connectivity index (χ0n) is 8.79. The molecule has 1 heterocycles. The second kappa shape index (κ2) is 5.76. The Hall–Kier alpha value is -0.210. The molecule has 0 aliphatic carbocycles. The smallest absolute Gasteiger partial charge is 0.266 e. The van der Waals surface area contributed by atoms with E-state index in [0.29, 0.717) is 6.61 Å². The molecule has 15 heavy (non-hydrogen) atoms. The van der Waals surface area contributed by atoms with Crippen molar-refractivity contribution in [1.82, 2.24) is 9.96 Å². The first kappa shape index (κ1) is 12.9. The summed E-state index contributed by atoms with van der Waals surface area (Å²) in [5.74, 6) is -0.318. The van der Waals surface area contributed by atoms with E-state index in [-0.39, 0.29) is 5.75 Å². The van der Waals surface area contributed by atoms with Crippen molar-refractivity contribution in [2.45, 2.75) is 6.92 Å². The molecule has 1 rings (SSSR count). The number of hydroxylamine groups is 2. The summed E-state index contributed by atoms with van der Waals surface area (Å²) in [6, 6.07) is 0. The Morgan fingerprint density at radius 1 is 1.33 bits per heavy atom. The van der Waals surface area contributed by atoms with Crippen LogP contribution in [0.3, 0.4) is 0 Å². The number of hydrogen-bond donors (Lipinski definition) is 1. The van der Waals surface area contributed by atoms with E-state index in [1.54, 1.807) is 0 Å². The summed E-state index contributed by atoms with van der Waals surface area (Å²) in [6.07, 6.45) is 0. The number of hydrogen-bond acceptors (Lipinski definition) is 5. The largest absolute Gasteiger partial charge is 0.299 e. The van der Waals surface area contributed by atoms with Gasteiger partial charge < -0.3 is 0 Å². The molecule has 1 radical (unpaired) electrons. The fraction of sp³-hybridized carbons (Fsp3) is 0.875. The van der Waals surface area contributed by atoms with Crippen LogP contribution < -0.4 is 0 Å². The fourth-order valence-electron chi connectivity index (χ4n) is 1.40. The molecule has 0 atom stereocenters. The Morgan fingerprint density at radius 2 is 1.93 bits per heavy atom. The van der Waals surface area contributed by atoms with Crippen molar-refractivity contribution in [3.8, 4) is 0 Å². The van der Waals surface area contributed by atoms with Gasteiger partial charge in [0.25, 0.3) is 10.1 Å². The van der Waals surface area contributed by atoms with Crippen molar-refractivity contribution in [3.05, 3.63) is 6.54 Å². The number of piperazine rings is 1. The molecule has 0 aromatic carbocycles. The first-order valence-electron chi connectivity index (χ1n) is 4.91. The van der Waals surface area contributed by atoms with Crippen molar-refractivity contribution in [3.63, 3.8) is 0 Å². The van der Waals surface area contributed by atoms with Crippen LogP contribution in [0.1, 0.15) is 6.92 Å². The normalized spacial score (nSPS) is 20.7. The van der Waals surface area contributed by atoms with Crippen LogP contribution in [0.2, 0.25) is 0 Å². The summed E-state index contributed by atoms with van der Waals surface area (Å²) in [5, 5.41) is 1.86. The lowest BCUT2D eigenvalue weighted by molar-refractivity contribution is -0.170. The van der Waals surface area contributed by atoms with Gasteiger partial charge in [-0.3, -0.25) is 14.3 Å². The van der Waals surface area contributed by atoms with Crippen molar-refractivity contribution >= 4 is 10.1 Å². The first-order valence-corrected chi connectivity index (χ1v) is 6.52. The Balaban J connectivity index is 2.20. The van der Waals surface area contributed by atoms with Gasteiger partial charge in [0.1, 0.15) is 0 Å². The Kier molecular flexibility index (Phi) is 4.94. The van der Waals surface area contributed by atoms with Gasteiger partial charge in [-0.1, -0.05) is 0 Å². The molecule has 7 heteroatoms. The van der Waals surface area contributed by atoms with Crippen LogP contribution in [-0.4, -0.2) is 61.5 Å². The van der Waals surface area contributed by atoms with Gasteiger partial charge in [0, 0.05) is 32.7 Å². The Labute approximate surface area is 90.5 Å². The van der Waals surface area contributed by atoms with E-state index >= 15 is 0 Å². The van der Waals surface area contributed by atoms with E-state index in [1.807, 2.05) is 16.9 Å². The van der Waals surface area contributed by atoms with Gasteiger partial charge in [0.05, 0.1) is 12.4 Å². The van der Waals surface area contributed by atoms with Crippen LogP contribution in [0.15, 0.2) is 0 Å².